The maximum absolute atomic E-state index is 9.15. The van der Waals surface area contributed by atoms with Gasteiger partial charge in [0.25, 0.3) is 0 Å². The summed E-state index contributed by atoms with van der Waals surface area (Å²) in [5, 5.41) is 21.7. The van der Waals surface area contributed by atoms with Gasteiger partial charge in [0.05, 0.1) is 11.3 Å². The lowest BCUT2D eigenvalue weighted by Crippen LogP contribution is -2.63. The Morgan fingerprint density at radius 2 is 2.03 bits per heavy atom. The lowest BCUT2D eigenvalue weighted by Gasteiger charge is -2.45. The lowest BCUT2D eigenvalue weighted by molar-refractivity contribution is 0.145. The average molecular weight is 470 g/mol. The molecule has 1 atom stereocenters. The van der Waals surface area contributed by atoms with Crippen molar-refractivity contribution in [2.24, 2.45) is 0 Å². The number of rotatable bonds is 6. The Morgan fingerprint density at radius 1 is 1.29 bits per heavy atom. The first kappa shape index (κ1) is 26.5. The molecule has 1 aromatic rings. The largest absolute Gasteiger partial charge is 0.308 e. The van der Waals surface area contributed by atoms with Crippen LogP contribution < -0.4 is 5.32 Å². The van der Waals surface area contributed by atoms with Gasteiger partial charge < -0.3 is 10.7 Å². The van der Waals surface area contributed by atoms with Crippen LogP contribution in [0.3, 0.4) is 0 Å². The topological polar surface area (TPSA) is 75.8 Å². The van der Waals surface area contributed by atoms with Crippen LogP contribution in [0, 0.1) is 23.7 Å². The number of nitrogens with zero attached hydrogens (tertiary/aromatic N) is 3. The zero-order valence-corrected chi connectivity index (χ0v) is 22.0. The van der Waals surface area contributed by atoms with Crippen LogP contribution in [0.5, 0.6) is 0 Å². The van der Waals surface area contributed by atoms with E-state index in [1.165, 1.54) is 22.3 Å². The van der Waals surface area contributed by atoms with E-state index in [-0.39, 0.29) is 11.6 Å². The molecule has 1 unspecified atom stereocenters. The van der Waals surface area contributed by atoms with Crippen LogP contribution in [-0.4, -0.2) is 46.8 Å². The summed E-state index contributed by atoms with van der Waals surface area (Å²) >= 11 is 0. The van der Waals surface area contributed by atoms with Crippen molar-refractivity contribution < 1.29 is 0 Å². The van der Waals surface area contributed by atoms with Gasteiger partial charge in [0.2, 0.25) is 0 Å². The summed E-state index contributed by atoms with van der Waals surface area (Å²) < 4.78 is 0. The molecule has 0 bridgehead atoms. The molecule has 0 radical (unpaired) electrons. The van der Waals surface area contributed by atoms with Crippen LogP contribution in [0.2, 0.25) is 0 Å². The molecule has 5 heteroatoms. The van der Waals surface area contributed by atoms with Crippen LogP contribution in [0.25, 0.3) is 5.57 Å². The first-order valence-corrected chi connectivity index (χ1v) is 12.3. The van der Waals surface area contributed by atoms with Crippen molar-refractivity contribution in [2.75, 3.05) is 19.6 Å². The third-order valence-electron chi connectivity index (χ3n) is 6.86. The SMILES string of the molecule is C=C1CC/C=C(C)/C(C2CN(CC(=N)CC(=C)c3cc(C)c(C#N)cn3)CC(C)(C)N2)=C\C=C\1C. The van der Waals surface area contributed by atoms with Crippen molar-refractivity contribution in [3.05, 3.63) is 82.8 Å². The van der Waals surface area contributed by atoms with Gasteiger partial charge in [0.1, 0.15) is 6.07 Å². The molecule has 2 heterocycles. The van der Waals surface area contributed by atoms with Crippen LogP contribution in [0.4, 0.5) is 0 Å². The predicted molar refractivity (Wildman–Crippen MR) is 146 cm³/mol. The molecule has 3 rings (SSSR count). The number of hydrogen-bond acceptors (Lipinski definition) is 5. The Kier molecular flexibility index (Phi) is 8.43. The second kappa shape index (κ2) is 11.1. The van der Waals surface area contributed by atoms with Gasteiger partial charge in [-0.2, -0.15) is 5.26 Å². The molecular weight excluding hydrogens is 430 g/mol. The fraction of sp³-hybridized carbons (Fsp3) is 0.433. The number of aryl methyl sites for hydroxylation is 1. The van der Waals surface area contributed by atoms with Gasteiger partial charge in [0.15, 0.2) is 0 Å². The lowest BCUT2D eigenvalue weighted by atomic mass is 9.90. The summed E-state index contributed by atoms with van der Waals surface area (Å²) in [4.78, 5) is 6.76. The van der Waals surface area contributed by atoms with E-state index in [1.807, 2.05) is 13.0 Å². The molecule has 1 aliphatic carbocycles. The Morgan fingerprint density at radius 3 is 2.71 bits per heavy atom. The van der Waals surface area contributed by atoms with Gasteiger partial charge in [-0.05, 0) is 75.8 Å². The molecule has 0 saturated carbocycles. The average Bonchev–Trinajstić information content (AvgIpc) is 2.82. The van der Waals surface area contributed by atoms with Crippen LogP contribution >= 0.6 is 0 Å². The number of allylic oxidation sites excluding steroid dienone is 6. The fourth-order valence-electron chi connectivity index (χ4n) is 4.91. The molecule has 5 nitrogen and oxygen atoms in total. The molecule has 1 fully saturated rings. The maximum Gasteiger partial charge on any atom is 0.101 e. The smallest absolute Gasteiger partial charge is 0.101 e. The summed E-state index contributed by atoms with van der Waals surface area (Å²) in [6.45, 7) is 21.4. The summed E-state index contributed by atoms with van der Waals surface area (Å²) in [5.41, 5.74) is 8.63. The van der Waals surface area contributed by atoms with E-state index in [2.05, 4.69) is 80.4 Å². The molecule has 0 amide bonds. The molecule has 1 aliphatic heterocycles. The second-order valence-corrected chi connectivity index (χ2v) is 10.6. The van der Waals surface area contributed by atoms with Crippen molar-refractivity contribution in [1.29, 1.82) is 10.7 Å². The molecule has 35 heavy (non-hydrogen) atoms. The van der Waals surface area contributed by atoms with Crippen LogP contribution in [-0.2, 0) is 0 Å². The van der Waals surface area contributed by atoms with E-state index in [0.29, 0.717) is 24.2 Å². The van der Waals surface area contributed by atoms with Crippen LogP contribution in [0.1, 0.15) is 63.8 Å². The number of nitrogens with one attached hydrogen (secondary N) is 2. The molecular formula is C30H39N5. The molecule has 184 valence electrons. The fourth-order valence-corrected chi connectivity index (χ4v) is 4.91. The molecule has 2 N–H and O–H groups in total. The minimum absolute atomic E-state index is 0.0755. The highest BCUT2D eigenvalue weighted by Crippen LogP contribution is 2.27. The van der Waals surface area contributed by atoms with E-state index in [9.17, 15) is 0 Å². The second-order valence-electron chi connectivity index (χ2n) is 10.6. The zero-order valence-electron chi connectivity index (χ0n) is 22.0. The molecule has 1 saturated heterocycles. The zero-order chi connectivity index (χ0) is 25.8. The molecule has 2 aliphatic rings. The first-order chi connectivity index (χ1) is 16.5. The number of nitriles is 1. The van der Waals surface area contributed by atoms with E-state index < -0.39 is 0 Å². The maximum atomic E-state index is 9.15. The highest BCUT2D eigenvalue weighted by Gasteiger charge is 2.34. The van der Waals surface area contributed by atoms with E-state index >= 15 is 0 Å². The minimum Gasteiger partial charge on any atom is -0.308 e. The van der Waals surface area contributed by atoms with Crippen molar-refractivity contribution in [3.63, 3.8) is 0 Å². The Bertz CT molecular complexity index is 1160. The minimum atomic E-state index is -0.0755. The van der Waals surface area contributed by atoms with Crippen molar-refractivity contribution >= 4 is 11.3 Å². The Balaban J connectivity index is 1.73. The van der Waals surface area contributed by atoms with Gasteiger partial charge in [-0.25, -0.2) is 0 Å². The molecule has 0 aromatic carbocycles. The Labute approximate surface area is 211 Å². The van der Waals surface area contributed by atoms with Gasteiger partial charge in [-0.3, -0.25) is 9.88 Å². The predicted octanol–water partition coefficient (Wildman–Crippen LogP) is 5.91. The van der Waals surface area contributed by atoms with Crippen molar-refractivity contribution in [1.82, 2.24) is 15.2 Å². The number of aromatic nitrogens is 1. The van der Waals surface area contributed by atoms with Gasteiger partial charge in [0, 0.05) is 49.5 Å². The number of hydrogen-bond donors (Lipinski definition) is 2. The molecule has 0 spiro atoms. The third-order valence-corrected chi connectivity index (χ3v) is 6.86. The number of piperazine rings is 1. The quantitative estimate of drug-likeness (QED) is 0.508. The summed E-state index contributed by atoms with van der Waals surface area (Å²) in [6, 6.07) is 4.22. The van der Waals surface area contributed by atoms with E-state index in [4.69, 9.17) is 10.7 Å². The normalized spacial score (nSPS) is 25.4. The standard InChI is InChI=1S/C30H39N5/c1-20-9-8-10-22(3)27(12-11-21(20)2)29-18-35(19-30(6,7)34-29)17-26(32)13-24(5)28-14-23(4)25(15-31)16-33-28/h10-12,14,16,29,32,34H,1,5,8-9,13,17-19H2,2-4,6-7H3/b21-11+,22-10+,27-12+,32-26?. The monoisotopic (exact) mass is 469 g/mol. The van der Waals surface area contributed by atoms with Crippen molar-refractivity contribution in [3.8, 4) is 6.07 Å². The van der Waals surface area contributed by atoms with Gasteiger partial charge in [-0.15, -0.1) is 0 Å². The number of pyridine rings is 1. The Hall–Kier alpha value is -3.07. The summed E-state index contributed by atoms with van der Waals surface area (Å²) in [5.74, 6) is 0. The highest BCUT2D eigenvalue weighted by molar-refractivity contribution is 5.92. The summed E-state index contributed by atoms with van der Waals surface area (Å²) in [7, 11) is 0. The molecule has 1 aromatic heterocycles. The van der Waals surface area contributed by atoms with E-state index in [0.717, 1.165) is 42.8 Å². The highest BCUT2D eigenvalue weighted by atomic mass is 15.2. The summed E-state index contributed by atoms with van der Waals surface area (Å²) in [6.07, 6.45) is 10.8. The van der Waals surface area contributed by atoms with Gasteiger partial charge in [-0.1, -0.05) is 42.5 Å². The first-order valence-electron chi connectivity index (χ1n) is 12.3. The van der Waals surface area contributed by atoms with E-state index in [1.54, 1.807) is 6.20 Å². The van der Waals surface area contributed by atoms with Crippen LogP contribution in [0.15, 0.2) is 65.9 Å². The third kappa shape index (κ3) is 6.97. The van der Waals surface area contributed by atoms with Crippen molar-refractivity contribution in [2.45, 2.75) is 65.5 Å². The van der Waals surface area contributed by atoms with Gasteiger partial charge >= 0.3 is 0 Å².